The zero-order chi connectivity index (χ0) is 13.6. The fourth-order valence-electron chi connectivity index (χ4n) is 1.34. The molecule has 0 heterocycles. The minimum atomic E-state index is -3.28. The van der Waals surface area contributed by atoms with Gasteiger partial charge in [-0.2, -0.15) is 5.26 Å². The number of hydrogen-bond acceptors (Lipinski definition) is 4. The fourth-order valence-corrected chi connectivity index (χ4v) is 2.29. The van der Waals surface area contributed by atoms with E-state index in [2.05, 4.69) is 10.0 Å². The first-order valence-corrected chi connectivity index (χ1v) is 7.04. The number of anilines is 1. The van der Waals surface area contributed by atoms with Crippen molar-refractivity contribution in [3.63, 3.8) is 0 Å². The molecule has 1 aromatic rings. The quantitative estimate of drug-likeness (QED) is 0.810. The van der Waals surface area contributed by atoms with Crippen LogP contribution in [0.2, 0.25) is 0 Å². The number of sulfonamides is 1. The zero-order valence-electron chi connectivity index (χ0n) is 9.90. The van der Waals surface area contributed by atoms with Gasteiger partial charge in [-0.1, -0.05) is 6.92 Å². The third kappa shape index (κ3) is 4.31. The van der Waals surface area contributed by atoms with Gasteiger partial charge in [0, 0.05) is 18.8 Å². The summed E-state index contributed by atoms with van der Waals surface area (Å²) in [5.41, 5.74) is 0.402. The molecule has 0 spiro atoms. The largest absolute Gasteiger partial charge is 0.384 e. The molecule has 0 aromatic heterocycles. The van der Waals surface area contributed by atoms with Crippen LogP contribution in [-0.2, 0) is 10.0 Å². The number of halogens is 1. The maximum atomic E-state index is 13.2. The molecule has 0 aliphatic carbocycles. The molecule has 98 valence electrons. The molecular weight excluding hydrogens is 257 g/mol. The third-order valence-corrected chi connectivity index (χ3v) is 3.62. The second-order valence-corrected chi connectivity index (χ2v) is 5.48. The average molecular weight is 271 g/mol. The van der Waals surface area contributed by atoms with Gasteiger partial charge in [-0.15, -0.1) is 0 Å². The van der Waals surface area contributed by atoms with Crippen molar-refractivity contribution in [2.45, 2.75) is 6.92 Å². The van der Waals surface area contributed by atoms with Crippen LogP contribution in [0.4, 0.5) is 10.1 Å². The summed E-state index contributed by atoms with van der Waals surface area (Å²) in [6.07, 6.45) is 0. The first-order valence-electron chi connectivity index (χ1n) is 5.39. The predicted octanol–water partition coefficient (Wildman–Crippen LogP) is 1.05. The lowest BCUT2D eigenvalue weighted by atomic mass is 10.2. The third-order valence-electron chi connectivity index (χ3n) is 2.15. The van der Waals surface area contributed by atoms with Crippen LogP contribution in [0.5, 0.6) is 0 Å². The lowest BCUT2D eigenvalue weighted by Gasteiger charge is -2.07. The van der Waals surface area contributed by atoms with Crippen LogP contribution in [0.1, 0.15) is 12.5 Å². The minimum absolute atomic E-state index is 0.0409. The Hall–Kier alpha value is -1.65. The van der Waals surface area contributed by atoms with Crippen LogP contribution in [-0.4, -0.2) is 27.3 Å². The Balaban J connectivity index is 2.55. The molecule has 2 N–H and O–H groups in total. The van der Waals surface area contributed by atoms with E-state index in [4.69, 9.17) is 5.26 Å². The molecule has 1 aromatic carbocycles. The van der Waals surface area contributed by atoms with E-state index >= 15 is 0 Å². The number of nitrogens with one attached hydrogen (secondary N) is 2. The standard InChI is InChI=1S/C11H14FN3O2S/c1-2-15-18(16,17)6-5-14-10-4-3-9(8-13)11(12)7-10/h3-4,7,14-15H,2,5-6H2,1H3. The smallest absolute Gasteiger partial charge is 0.213 e. The van der Waals surface area contributed by atoms with E-state index in [9.17, 15) is 12.8 Å². The summed E-state index contributed by atoms with van der Waals surface area (Å²) in [6, 6.07) is 5.75. The molecule has 0 fully saturated rings. The molecule has 0 amide bonds. The number of nitrogens with zero attached hydrogens (tertiary/aromatic N) is 1. The van der Waals surface area contributed by atoms with E-state index in [1.165, 1.54) is 18.2 Å². The van der Waals surface area contributed by atoms with E-state index < -0.39 is 15.8 Å². The highest BCUT2D eigenvalue weighted by atomic mass is 32.2. The van der Waals surface area contributed by atoms with Crippen molar-refractivity contribution in [2.75, 3.05) is 24.2 Å². The van der Waals surface area contributed by atoms with Crippen molar-refractivity contribution in [2.24, 2.45) is 0 Å². The Morgan fingerprint density at radius 1 is 1.44 bits per heavy atom. The number of nitriles is 1. The van der Waals surface area contributed by atoms with Crippen molar-refractivity contribution < 1.29 is 12.8 Å². The number of hydrogen-bond donors (Lipinski definition) is 2. The highest BCUT2D eigenvalue weighted by Gasteiger charge is 2.08. The molecule has 0 aliphatic rings. The monoisotopic (exact) mass is 271 g/mol. The Bertz CT molecular complexity index is 552. The number of rotatable bonds is 6. The van der Waals surface area contributed by atoms with Gasteiger partial charge in [0.25, 0.3) is 0 Å². The van der Waals surface area contributed by atoms with Crippen molar-refractivity contribution in [1.29, 1.82) is 5.26 Å². The van der Waals surface area contributed by atoms with Gasteiger partial charge in [0.2, 0.25) is 10.0 Å². The van der Waals surface area contributed by atoms with Crippen LogP contribution in [0.25, 0.3) is 0 Å². The zero-order valence-corrected chi connectivity index (χ0v) is 10.7. The second kappa shape index (κ2) is 6.33. The first kappa shape index (κ1) is 14.4. The van der Waals surface area contributed by atoms with Gasteiger partial charge in [0.05, 0.1) is 11.3 Å². The molecule has 0 aliphatic heterocycles. The lowest BCUT2D eigenvalue weighted by Crippen LogP contribution is -2.29. The van der Waals surface area contributed by atoms with Crippen molar-refractivity contribution in [3.05, 3.63) is 29.6 Å². The maximum absolute atomic E-state index is 13.2. The summed E-state index contributed by atoms with van der Waals surface area (Å²) in [5.74, 6) is -0.723. The summed E-state index contributed by atoms with van der Waals surface area (Å²) in [4.78, 5) is 0. The van der Waals surface area contributed by atoms with Crippen LogP contribution < -0.4 is 10.0 Å². The lowest BCUT2D eigenvalue weighted by molar-refractivity contribution is 0.584. The Morgan fingerprint density at radius 2 is 2.17 bits per heavy atom. The average Bonchev–Trinajstić information content (AvgIpc) is 2.29. The molecule has 0 saturated carbocycles. The van der Waals surface area contributed by atoms with Gasteiger partial charge in [0.1, 0.15) is 11.9 Å². The summed E-state index contributed by atoms with van der Waals surface area (Å²) >= 11 is 0. The Kier molecular flexibility index (Phi) is 5.07. The Morgan fingerprint density at radius 3 is 2.72 bits per heavy atom. The summed E-state index contributed by atoms with van der Waals surface area (Å²) in [5, 5.41) is 11.3. The molecular formula is C11H14FN3O2S. The van der Waals surface area contributed by atoms with E-state index in [0.29, 0.717) is 12.2 Å². The van der Waals surface area contributed by atoms with Crippen LogP contribution in [0, 0.1) is 17.1 Å². The molecule has 0 radical (unpaired) electrons. The molecule has 18 heavy (non-hydrogen) atoms. The fraction of sp³-hybridized carbons (Fsp3) is 0.364. The van der Waals surface area contributed by atoms with E-state index in [-0.39, 0.29) is 17.9 Å². The molecule has 0 unspecified atom stereocenters. The summed E-state index contributed by atoms with van der Waals surface area (Å²) in [6.45, 7) is 2.20. The van der Waals surface area contributed by atoms with Gasteiger partial charge in [-0.25, -0.2) is 17.5 Å². The highest BCUT2D eigenvalue weighted by molar-refractivity contribution is 7.89. The van der Waals surface area contributed by atoms with Gasteiger partial charge in [-0.3, -0.25) is 0 Å². The van der Waals surface area contributed by atoms with E-state index in [1.54, 1.807) is 13.0 Å². The van der Waals surface area contributed by atoms with Crippen LogP contribution in [0.15, 0.2) is 18.2 Å². The van der Waals surface area contributed by atoms with Crippen molar-refractivity contribution in [1.82, 2.24) is 4.72 Å². The van der Waals surface area contributed by atoms with Crippen LogP contribution >= 0.6 is 0 Å². The molecule has 5 nitrogen and oxygen atoms in total. The molecule has 0 atom stereocenters. The molecule has 0 bridgehead atoms. The summed E-state index contributed by atoms with van der Waals surface area (Å²) in [7, 11) is -3.28. The Labute approximate surface area is 106 Å². The van der Waals surface area contributed by atoms with Crippen molar-refractivity contribution >= 4 is 15.7 Å². The predicted molar refractivity (Wildman–Crippen MR) is 67.1 cm³/mol. The topological polar surface area (TPSA) is 82.0 Å². The summed E-state index contributed by atoms with van der Waals surface area (Å²) < 4.78 is 38.2. The normalized spacial score (nSPS) is 10.9. The molecule has 1 rings (SSSR count). The maximum Gasteiger partial charge on any atom is 0.213 e. The molecule has 0 saturated heterocycles. The molecule has 7 heteroatoms. The van der Waals surface area contributed by atoms with E-state index in [1.807, 2.05) is 0 Å². The van der Waals surface area contributed by atoms with Gasteiger partial charge < -0.3 is 5.32 Å². The highest BCUT2D eigenvalue weighted by Crippen LogP contribution is 2.13. The van der Waals surface area contributed by atoms with Gasteiger partial charge in [0.15, 0.2) is 0 Å². The van der Waals surface area contributed by atoms with Gasteiger partial charge in [-0.05, 0) is 18.2 Å². The minimum Gasteiger partial charge on any atom is -0.384 e. The van der Waals surface area contributed by atoms with E-state index in [0.717, 1.165) is 0 Å². The SMILES string of the molecule is CCNS(=O)(=O)CCNc1ccc(C#N)c(F)c1. The van der Waals surface area contributed by atoms with Crippen molar-refractivity contribution in [3.8, 4) is 6.07 Å². The number of benzene rings is 1. The van der Waals surface area contributed by atoms with Crippen LogP contribution in [0.3, 0.4) is 0 Å². The first-order chi connectivity index (χ1) is 8.48. The second-order valence-electron chi connectivity index (χ2n) is 3.55. The van der Waals surface area contributed by atoms with Gasteiger partial charge >= 0.3 is 0 Å².